The lowest BCUT2D eigenvalue weighted by molar-refractivity contribution is -0.213. The lowest BCUT2D eigenvalue weighted by Gasteiger charge is -2.61. The Morgan fingerprint density at radius 3 is 2.50 bits per heavy atom. The Kier molecular flexibility index (Phi) is 5.20. The van der Waals surface area contributed by atoms with Crippen molar-refractivity contribution in [2.75, 3.05) is 33.4 Å². The van der Waals surface area contributed by atoms with E-state index in [1.165, 1.54) is 22.5 Å². The van der Waals surface area contributed by atoms with E-state index in [0.29, 0.717) is 39.1 Å². The van der Waals surface area contributed by atoms with Crippen LogP contribution in [-0.2, 0) is 24.3 Å². The van der Waals surface area contributed by atoms with Crippen molar-refractivity contribution in [3.8, 4) is 0 Å². The van der Waals surface area contributed by atoms with Crippen LogP contribution >= 0.6 is 0 Å². The molecule has 3 saturated heterocycles. The Morgan fingerprint density at radius 1 is 1.21 bits per heavy atom. The van der Waals surface area contributed by atoms with Crippen LogP contribution in [0.3, 0.4) is 0 Å². The smallest absolute Gasteiger partial charge is 0.254 e. The first-order valence-corrected chi connectivity index (χ1v) is 11.0. The number of hydrogen-bond donors (Lipinski definition) is 0. The molecule has 154 valence electrons. The quantitative estimate of drug-likeness (QED) is 0.699. The van der Waals surface area contributed by atoms with Gasteiger partial charge >= 0.3 is 0 Å². The molecule has 0 bridgehead atoms. The number of carbonyl (C=O) groups excluding carboxylic acids is 1. The van der Waals surface area contributed by atoms with Gasteiger partial charge in [-0.1, -0.05) is 6.07 Å². The number of likely N-dealkylation sites (tertiary alicyclic amines) is 1. The van der Waals surface area contributed by atoms with Gasteiger partial charge in [-0.15, -0.1) is 0 Å². The molecular formula is C19H25FN2O5S. The first kappa shape index (κ1) is 19.8. The van der Waals surface area contributed by atoms with Gasteiger partial charge in [-0.3, -0.25) is 4.79 Å². The molecule has 9 heteroatoms. The molecule has 7 nitrogen and oxygen atoms in total. The molecule has 28 heavy (non-hydrogen) atoms. The van der Waals surface area contributed by atoms with Gasteiger partial charge in [0.25, 0.3) is 5.91 Å². The summed E-state index contributed by atoms with van der Waals surface area (Å²) in [7, 11) is -2.18. The predicted molar refractivity (Wildman–Crippen MR) is 98.6 cm³/mol. The monoisotopic (exact) mass is 412 g/mol. The maximum absolute atomic E-state index is 13.5. The van der Waals surface area contributed by atoms with Crippen LogP contribution in [0.5, 0.6) is 0 Å². The van der Waals surface area contributed by atoms with E-state index in [9.17, 15) is 17.6 Å². The highest BCUT2D eigenvalue weighted by atomic mass is 32.2. The van der Waals surface area contributed by atoms with Crippen molar-refractivity contribution in [2.24, 2.45) is 0 Å². The molecule has 0 aliphatic carbocycles. The summed E-state index contributed by atoms with van der Waals surface area (Å²) in [5.74, 6) is -0.593. The third-order valence-corrected chi connectivity index (χ3v) is 8.14. The van der Waals surface area contributed by atoms with Gasteiger partial charge in [-0.2, -0.15) is 4.31 Å². The summed E-state index contributed by atoms with van der Waals surface area (Å²) in [4.78, 5) is 14.6. The second-order valence-corrected chi connectivity index (χ2v) is 9.57. The van der Waals surface area contributed by atoms with E-state index >= 15 is 0 Å². The first-order chi connectivity index (χ1) is 13.4. The van der Waals surface area contributed by atoms with Gasteiger partial charge in [0.1, 0.15) is 5.82 Å². The van der Waals surface area contributed by atoms with Crippen molar-refractivity contribution < 1.29 is 27.1 Å². The van der Waals surface area contributed by atoms with Gasteiger partial charge in [-0.25, -0.2) is 12.8 Å². The van der Waals surface area contributed by atoms with Crippen LogP contribution < -0.4 is 0 Å². The Balaban J connectivity index is 1.47. The van der Waals surface area contributed by atoms with Crippen molar-refractivity contribution in [2.45, 2.75) is 48.3 Å². The number of nitrogens with zero attached hydrogens (tertiary/aromatic N) is 2. The van der Waals surface area contributed by atoms with E-state index in [2.05, 4.69) is 0 Å². The van der Waals surface area contributed by atoms with Crippen molar-refractivity contribution in [3.63, 3.8) is 0 Å². The molecule has 1 amide bonds. The number of benzene rings is 1. The summed E-state index contributed by atoms with van der Waals surface area (Å²) < 4.78 is 51.4. The minimum atomic E-state index is -3.74. The van der Waals surface area contributed by atoms with Gasteiger partial charge in [0.2, 0.25) is 10.0 Å². The van der Waals surface area contributed by atoms with E-state index in [0.717, 1.165) is 18.9 Å². The second kappa shape index (κ2) is 7.37. The molecule has 3 aliphatic rings. The second-order valence-electron chi connectivity index (χ2n) is 7.63. The Hall–Kier alpha value is -1.55. The maximum Gasteiger partial charge on any atom is 0.254 e. The highest BCUT2D eigenvalue weighted by molar-refractivity contribution is 7.89. The number of methoxy groups -OCH3 is 1. The van der Waals surface area contributed by atoms with Crippen LogP contribution in [0.15, 0.2) is 29.2 Å². The normalized spacial score (nSPS) is 26.4. The fourth-order valence-electron chi connectivity index (χ4n) is 4.84. The van der Waals surface area contributed by atoms with Crippen LogP contribution in [0.4, 0.5) is 4.39 Å². The number of amides is 1. The topological polar surface area (TPSA) is 76.2 Å². The zero-order valence-electron chi connectivity index (χ0n) is 15.8. The third kappa shape index (κ3) is 3.04. The number of β-lactam (4-membered cyclic amide) rings is 1. The molecule has 1 atom stereocenters. The highest BCUT2D eigenvalue weighted by Gasteiger charge is 2.62. The molecule has 1 aromatic carbocycles. The van der Waals surface area contributed by atoms with Crippen molar-refractivity contribution in [1.82, 2.24) is 9.21 Å². The molecule has 3 aliphatic heterocycles. The number of piperidine rings is 1. The molecule has 1 spiro atoms. The third-order valence-electron chi connectivity index (χ3n) is 6.25. The zero-order chi connectivity index (χ0) is 19.9. The fraction of sp³-hybridized carbons (Fsp3) is 0.632. The minimum Gasteiger partial charge on any atom is -0.381 e. The van der Waals surface area contributed by atoms with Crippen LogP contribution in [0.1, 0.15) is 25.7 Å². The fourth-order valence-corrected chi connectivity index (χ4v) is 6.35. The van der Waals surface area contributed by atoms with Gasteiger partial charge in [-0.05, 0) is 43.9 Å². The number of hydrogen-bond acceptors (Lipinski definition) is 5. The summed E-state index contributed by atoms with van der Waals surface area (Å²) in [6.45, 7) is 1.79. The molecule has 0 N–H and O–H groups in total. The standard InChI is InChI=1S/C19H25FN2O5S/c1-26-17-18(23)22(19(17)7-11-27-12-8-19)15-5-9-21(10-6-15)28(24,25)16-4-2-3-14(20)13-16/h2-4,13,15,17H,5-12H2,1H3. The molecule has 1 unspecified atom stereocenters. The van der Waals surface area contributed by atoms with E-state index < -0.39 is 21.9 Å². The van der Waals surface area contributed by atoms with E-state index in [1.54, 1.807) is 7.11 Å². The molecule has 0 aromatic heterocycles. The maximum atomic E-state index is 13.5. The Morgan fingerprint density at radius 2 is 1.89 bits per heavy atom. The number of halogens is 1. The number of carbonyl (C=O) groups is 1. The summed E-state index contributed by atoms with van der Waals surface area (Å²) in [5, 5.41) is 0. The lowest BCUT2D eigenvalue weighted by Crippen LogP contribution is -2.79. The SMILES string of the molecule is COC1C(=O)N(C2CCN(S(=O)(=O)c3cccc(F)c3)CC2)C12CCOCC2. The zero-order valence-corrected chi connectivity index (χ0v) is 16.7. The summed E-state index contributed by atoms with van der Waals surface area (Å²) in [6, 6.07) is 5.05. The van der Waals surface area contributed by atoms with Crippen LogP contribution in [0.2, 0.25) is 0 Å². The number of sulfonamides is 1. The molecule has 3 heterocycles. The van der Waals surface area contributed by atoms with E-state index in [4.69, 9.17) is 9.47 Å². The average Bonchev–Trinajstić information content (AvgIpc) is 2.69. The molecule has 3 fully saturated rings. The van der Waals surface area contributed by atoms with Crippen LogP contribution in [0.25, 0.3) is 0 Å². The average molecular weight is 412 g/mol. The Labute approximate surface area is 164 Å². The summed E-state index contributed by atoms with van der Waals surface area (Å²) in [5.41, 5.74) is -0.335. The molecule has 0 radical (unpaired) electrons. The Bertz CT molecular complexity index is 848. The van der Waals surface area contributed by atoms with Gasteiger partial charge in [0, 0.05) is 39.5 Å². The molecule has 1 aromatic rings. The van der Waals surface area contributed by atoms with E-state index in [-0.39, 0.29) is 22.4 Å². The largest absolute Gasteiger partial charge is 0.381 e. The van der Waals surface area contributed by atoms with Gasteiger partial charge < -0.3 is 14.4 Å². The molecule has 4 rings (SSSR count). The number of ether oxygens (including phenoxy) is 2. The lowest BCUT2D eigenvalue weighted by atomic mass is 9.72. The predicted octanol–water partition coefficient (Wildman–Crippen LogP) is 1.39. The summed E-state index contributed by atoms with van der Waals surface area (Å²) in [6.07, 6.45) is 2.14. The van der Waals surface area contributed by atoms with E-state index in [1.807, 2.05) is 4.90 Å². The van der Waals surface area contributed by atoms with Crippen LogP contribution in [-0.4, -0.2) is 74.6 Å². The van der Waals surface area contributed by atoms with Crippen molar-refractivity contribution >= 4 is 15.9 Å². The number of rotatable bonds is 4. The highest BCUT2D eigenvalue weighted by Crippen LogP contribution is 2.45. The molecule has 0 saturated carbocycles. The first-order valence-electron chi connectivity index (χ1n) is 9.59. The van der Waals surface area contributed by atoms with Crippen LogP contribution in [0, 0.1) is 5.82 Å². The van der Waals surface area contributed by atoms with Gasteiger partial charge in [0.15, 0.2) is 6.10 Å². The minimum absolute atomic E-state index is 0.0176. The molecular weight excluding hydrogens is 387 g/mol. The van der Waals surface area contributed by atoms with Crippen molar-refractivity contribution in [3.05, 3.63) is 30.1 Å². The summed E-state index contributed by atoms with van der Waals surface area (Å²) >= 11 is 0. The van der Waals surface area contributed by atoms with Gasteiger partial charge in [0.05, 0.1) is 10.4 Å². The van der Waals surface area contributed by atoms with Crippen molar-refractivity contribution in [1.29, 1.82) is 0 Å².